The topological polar surface area (TPSA) is 38.9 Å². The predicted octanol–water partition coefficient (Wildman–Crippen LogP) is 4.26. The van der Waals surface area contributed by atoms with Crippen LogP contribution in [0.25, 0.3) is 11.3 Å². The van der Waals surface area contributed by atoms with Crippen LogP contribution in [0, 0.1) is 12.7 Å². The van der Waals surface area contributed by atoms with E-state index in [1.54, 1.807) is 6.07 Å². The lowest BCUT2D eigenvalue weighted by Crippen LogP contribution is -1.89. The van der Waals surface area contributed by atoms with Gasteiger partial charge in [0.25, 0.3) is 0 Å². The molecular weight excluding hydrogens is 315 g/mol. The molecule has 0 unspecified atom stereocenters. The summed E-state index contributed by atoms with van der Waals surface area (Å²) in [7, 11) is 0. The van der Waals surface area contributed by atoms with Gasteiger partial charge in [-0.15, -0.1) is 11.3 Å². The van der Waals surface area contributed by atoms with Crippen LogP contribution < -0.4 is 5.73 Å². The Bertz CT molecular complexity index is 556. The third-order valence-corrected chi connectivity index (χ3v) is 4.08. The second kappa shape index (κ2) is 4.31. The molecule has 1 aromatic carbocycles. The van der Waals surface area contributed by atoms with Gasteiger partial charge in [0, 0.05) is 14.9 Å². The van der Waals surface area contributed by atoms with Gasteiger partial charge in [-0.25, -0.2) is 9.37 Å². The monoisotopic (exact) mass is 320 g/mol. The number of hydrogen-bond acceptors (Lipinski definition) is 3. The van der Waals surface area contributed by atoms with Gasteiger partial charge in [0.1, 0.15) is 5.82 Å². The van der Waals surface area contributed by atoms with Gasteiger partial charge >= 0.3 is 0 Å². The molecule has 2 N–H and O–H groups in total. The molecule has 0 aliphatic carbocycles. The number of thiazole rings is 1. The van der Waals surface area contributed by atoms with Gasteiger partial charge in [-0.3, -0.25) is 0 Å². The molecule has 0 radical (unpaired) electrons. The van der Waals surface area contributed by atoms with Crippen LogP contribution in [-0.4, -0.2) is 4.98 Å². The van der Waals surface area contributed by atoms with Crippen LogP contribution in [-0.2, 0) is 0 Å². The fourth-order valence-corrected chi connectivity index (χ4v) is 2.55. The summed E-state index contributed by atoms with van der Waals surface area (Å²) in [4.78, 5) is 4.96. The SMILES string of the molecule is Cc1sc(N)nc1-c1cc(Cl)c(Br)cc1F. The summed E-state index contributed by atoms with van der Waals surface area (Å²) in [5, 5.41) is 0.869. The molecule has 0 aliphatic heterocycles. The highest BCUT2D eigenvalue weighted by molar-refractivity contribution is 9.10. The number of anilines is 1. The molecule has 16 heavy (non-hydrogen) atoms. The first kappa shape index (κ1) is 11.8. The molecule has 0 saturated heterocycles. The molecule has 0 atom stereocenters. The minimum absolute atomic E-state index is 0.371. The molecule has 0 spiro atoms. The minimum atomic E-state index is -0.371. The Kier molecular flexibility index (Phi) is 3.19. The molecule has 0 aliphatic rings. The molecule has 1 heterocycles. The number of hydrogen-bond donors (Lipinski definition) is 1. The molecule has 2 nitrogen and oxygen atoms in total. The number of nitrogens with two attached hydrogens (primary N) is 1. The number of nitrogen functional groups attached to an aromatic ring is 1. The van der Waals surface area contributed by atoms with Crippen LogP contribution in [0.4, 0.5) is 9.52 Å². The van der Waals surface area contributed by atoms with E-state index in [0.29, 0.717) is 25.9 Å². The Labute approximate surface area is 109 Å². The molecule has 1 aromatic heterocycles. The first-order valence-electron chi connectivity index (χ1n) is 4.37. The normalized spacial score (nSPS) is 10.8. The van der Waals surface area contributed by atoms with Crippen LogP contribution in [0.1, 0.15) is 4.88 Å². The maximum atomic E-state index is 13.7. The fourth-order valence-electron chi connectivity index (χ4n) is 1.37. The van der Waals surface area contributed by atoms with Gasteiger partial charge < -0.3 is 5.73 Å². The number of aromatic nitrogens is 1. The van der Waals surface area contributed by atoms with Crippen molar-refractivity contribution in [2.24, 2.45) is 0 Å². The summed E-state index contributed by atoms with van der Waals surface area (Å²) in [6.07, 6.45) is 0. The van der Waals surface area contributed by atoms with E-state index in [9.17, 15) is 4.39 Å². The highest BCUT2D eigenvalue weighted by Gasteiger charge is 2.14. The van der Waals surface area contributed by atoms with E-state index in [2.05, 4.69) is 20.9 Å². The van der Waals surface area contributed by atoms with E-state index in [1.165, 1.54) is 17.4 Å². The van der Waals surface area contributed by atoms with E-state index in [1.807, 2.05) is 6.92 Å². The fraction of sp³-hybridized carbons (Fsp3) is 0.100. The average Bonchev–Trinajstić information content (AvgIpc) is 2.51. The summed E-state index contributed by atoms with van der Waals surface area (Å²) in [6, 6.07) is 2.87. The maximum Gasteiger partial charge on any atom is 0.180 e. The Morgan fingerprint density at radius 1 is 1.50 bits per heavy atom. The molecule has 0 amide bonds. The summed E-state index contributed by atoms with van der Waals surface area (Å²) in [5.41, 5.74) is 6.50. The second-order valence-corrected chi connectivity index (χ2v) is 5.70. The lowest BCUT2D eigenvalue weighted by atomic mass is 10.1. The number of halogens is 3. The summed E-state index contributed by atoms with van der Waals surface area (Å²) >= 11 is 10.4. The van der Waals surface area contributed by atoms with Crippen molar-refractivity contribution in [3.8, 4) is 11.3 Å². The molecule has 2 rings (SSSR count). The van der Waals surface area contributed by atoms with Gasteiger partial charge in [-0.2, -0.15) is 0 Å². The van der Waals surface area contributed by atoms with Crippen molar-refractivity contribution in [2.75, 3.05) is 5.73 Å². The Morgan fingerprint density at radius 2 is 2.19 bits per heavy atom. The quantitative estimate of drug-likeness (QED) is 0.797. The number of aryl methyl sites for hydroxylation is 1. The highest BCUT2D eigenvalue weighted by Crippen LogP contribution is 2.35. The van der Waals surface area contributed by atoms with Crippen LogP contribution in [0.15, 0.2) is 16.6 Å². The summed E-state index contributed by atoms with van der Waals surface area (Å²) in [5.74, 6) is -0.371. The van der Waals surface area contributed by atoms with E-state index in [-0.39, 0.29) is 5.82 Å². The third kappa shape index (κ3) is 2.07. The van der Waals surface area contributed by atoms with Gasteiger partial charge in [-0.1, -0.05) is 11.6 Å². The number of nitrogens with zero attached hydrogens (tertiary/aromatic N) is 1. The van der Waals surface area contributed by atoms with Gasteiger partial charge in [0.05, 0.1) is 10.7 Å². The molecule has 84 valence electrons. The van der Waals surface area contributed by atoms with Crippen LogP contribution in [0.3, 0.4) is 0 Å². The average molecular weight is 322 g/mol. The van der Waals surface area contributed by atoms with Crippen LogP contribution >= 0.6 is 38.9 Å². The number of benzene rings is 1. The Balaban J connectivity index is 2.64. The largest absolute Gasteiger partial charge is 0.375 e. The van der Waals surface area contributed by atoms with Crippen molar-refractivity contribution in [3.05, 3.63) is 32.3 Å². The summed E-state index contributed by atoms with van der Waals surface area (Å²) < 4.78 is 14.3. The lowest BCUT2D eigenvalue weighted by molar-refractivity contribution is 0.630. The second-order valence-electron chi connectivity index (χ2n) is 3.20. The Hall–Kier alpha value is -0.650. The van der Waals surface area contributed by atoms with Crippen molar-refractivity contribution >= 4 is 44.0 Å². The van der Waals surface area contributed by atoms with E-state index < -0.39 is 0 Å². The van der Waals surface area contributed by atoms with E-state index >= 15 is 0 Å². The van der Waals surface area contributed by atoms with Crippen molar-refractivity contribution in [3.63, 3.8) is 0 Å². The zero-order valence-electron chi connectivity index (χ0n) is 8.22. The molecule has 0 fully saturated rings. The highest BCUT2D eigenvalue weighted by atomic mass is 79.9. The Morgan fingerprint density at radius 3 is 2.75 bits per heavy atom. The zero-order chi connectivity index (χ0) is 11.9. The van der Waals surface area contributed by atoms with Crippen molar-refractivity contribution in [1.29, 1.82) is 0 Å². The maximum absolute atomic E-state index is 13.7. The first-order chi connectivity index (χ1) is 7.49. The molecule has 0 bridgehead atoms. The van der Waals surface area contributed by atoms with Crippen molar-refractivity contribution in [2.45, 2.75) is 6.92 Å². The van der Waals surface area contributed by atoms with Gasteiger partial charge in [0.2, 0.25) is 0 Å². The smallest absolute Gasteiger partial charge is 0.180 e. The van der Waals surface area contributed by atoms with Crippen LogP contribution in [0.5, 0.6) is 0 Å². The van der Waals surface area contributed by atoms with Crippen LogP contribution in [0.2, 0.25) is 5.02 Å². The van der Waals surface area contributed by atoms with E-state index in [0.717, 1.165) is 4.88 Å². The summed E-state index contributed by atoms with van der Waals surface area (Å²) in [6.45, 7) is 1.85. The molecule has 0 saturated carbocycles. The van der Waals surface area contributed by atoms with E-state index in [4.69, 9.17) is 17.3 Å². The van der Waals surface area contributed by atoms with Gasteiger partial charge in [0.15, 0.2) is 5.13 Å². The molecule has 2 aromatic rings. The zero-order valence-corrected chi connectivity index (χ0v) is 11.4. The van der Waals surface area contributed by atoms with Crippen molar-refractivity contribution < 1.29 is 4.39 Å². The third-order valence-electron chi connectivity index (χ3n) is 2.08. The number of rotatable bonds is 1. The van der Waals surface area contributed by atoms with Gasteiger partial charge in [-0.05, 0) is 35.0 Å². The minimum Gasteiger partial charge on any atom is -0.375 e. The molecular formula is C10H7BrClFN2S. The van der Waals surface area contributed by atoms with Crippen molar-refractivity contribution in [1.82, 2.24) is 4.98 Å². The standard InChI is InChI=1S/C10H7BrClFN2S/c1-4-9(15-10(14)16-4)5-2-7(12)6(11)3-8(5)13/h2-3H,1H3,(H2,14,15). The molecule has 6 heteroatoms. The predicted molar refractivity (Wildman–Crippen MR) is 69.4 cm³/mol. The first-order valence-corrected chi connectivity index (χ1v) is 6.35. The lowest BCUT2D eigenvalue weighted by Gasteiger charge is -2.03.